The van der Waals surface area contributed by atoms with Crippen LogP contribution in [0.5, 0.6) is 0 Å². The van der Waals surface area contributed by atoms with Crippen molar-refractivity contribution >= 4 is 86.3 Å². The Morgan fingerprint density at radius 2 is 0.500 bits per heavy atom. The van der Waals surface area contributed by atoms with Crippen molar-refractivity contribution in [1.29, 1.82) is 0 Å². The monoisotopic (exact) mass is 938 g/mol. The van der Waals surface area contributed by atoms with Gasteiger partial charge in [-0.1, -0.05) is 231 Å². The summed E-state index contributed by atoms with van der Waals surface area (Å²) in [5.74, 6) is 1.90. The molecular weight excluding hydrogens is 897 g/mol. The Balaban J connectivity index is 0.956. The summed E-state index contributed by atoms with van der Waals surface area (Å²) < 4.78 is 0. The predicted molar refractivity (Wildman–Crippen MR) is 310 cm³/mol. The molecule has 15 aromatic rings. The molecule has 0 radical (unpaired) electrons. The second kappa shape index (κ2) is 16.9. The number of hydrogen-bond donors (Lipinski definition) is 0. The lowest BCUT2D eigenvalue weighted by molar-refractivity contribution is 1.07. The summed E-state index contributed by atoms with van der Waals surface area (Å²) in [5.41, 5.74) is 10.2. The molecular formula is C70H42N4. The summed E-state index contributed by atoms with van der Waals surface area (Å²) in [5, 5.41) is 18.3. The second-order valence-corrected chi connectivity index (χ2v) is 19.2. The third kappa shape index (κ3) is 6.77. The molecule has 0 amide bonds. The Bertz CT molecular complexity index is 4630. The Hall–Kier alpha value is -9.90. The molecule has 0 aliphatic heterocycles. The summed E-state index contributed by atoms with van der Waals surface area (Å²) in [6.45, 7) is 0. The van der Waals surface area contributed by atoms with Crippen molar-refractivity contribution in [2.24, 2.45) is 0 Å². The molecule has 0 spiro atoms. The van der Waals surface area contributed by atoms with Crippen LogP contribution in [0.2, 0.25) is 0 Å². The van der Waals surface area contributed by atoms with Crippen LogP contribution in [-0.2, 0) is 0 Å². The fourth-order valence-electron chi connectivity index (χ4n) is 11.6. The minimum absolute atomic E-state index is 0.623. The second-order valence-electron chi connectivity index (χ2n) is 19.2. The first-order valence-corrected chi connectivity index (χ1v) is 25.2. The highest BCUT2D eigenvalue weighted by atomic mass is 15.0. The fourth-order valence-corrected chi connectivity index (χ4v) is 11.6. The van der Waals surface area contributed by atoms with Gasteiger partial charge in [0.2, 0.25) is 0 Å². The first-order chi connectivity index (χ1) is 36.7. The summed E-state index contributed by atoms with van der Waals surface area (Å²) in [6.07, 6.45) is 0. The van der Waals surface area contributed by atoms with Gasteiger partial charge in [-0.25, -0.2) is 19.9 Å². The molecule has 0 N–H and O–H groups in total. The van der Waals surface area contributed by atoms with Gasteiger partial charge < -0.3 is 0 Å². The van der Waals surface area contributed by atoms with Crippen molar-refractivity contribution in [3.05, 3.63) is 255 Å². The van der Waals surface area contributed by atoms with Gasteiger partial charge in [0, 0.05) is 33.0 Å². The maximum absolute atomic E-state index is 5.69. The quantitative estimate of drug-likeness (QED) is 0.156. The van der Waals surface area contributed by atoms with Crippen molar-refractivity contribution < 1.29 is 0 Å². The highest BCUT2D eigenvalue weighted by Gasteiger charge is 2.20. The number of fused-ring (bicyclic) bond motifs is 15. The first kappa shape index (κ1) is 41.8. The molecule has 0 saturated heterocycles. The lowest BCUT2D eigenvalue weighted by atomic mass is 9.88. The van der Waals surface area contributed by atoms with Crippen molar-refractivity contribution in [2.45, 2.75) is 0 Å². The molecule has 4 heteroatoms. The predicted octanol–water partition coefficient (Wildman–Crippen LogP) is 18.5. The molecule has 2 heterocycles. The van der Waals surface area contributed by atoms with E-state index in [0.29, 0.717) is 17.5 Å². The van der Waals surface area contributed by atoms with Crippen molar-refractivity contribution in [3.63, 3.8) is 0 Å². The SMILES string of the molecule is c1ccc(-c2nc(-c3ccccc3)nc(-c3ccc(-c4cc5c(-c6ccc7c8ccccc8c8ccccc8c7c6)cc(-c6ccc7c8ccccc8c8ccccc8c7c6)nc5c5ccccc45)cc3)n2)cc1. The number of aromatic nitrogens is 4. The number of benzene rings is 13. The Labute approximate surface area is 426 Å². The molecule has 0 aliphatic rings. The average Bonchev–Trinajstić information content (AvgIpc) is 3.49. The maximum atomic E-state index is 5.69. The van der Waals surface area contributed by atoms with Gasteiger partial charge in [0.15, 0.2) is 17.5 Å². The van der Waals surface area contributed by atoms with Crippen LogP contribution in [0.3, 0.4) is 0 Å². The van der Waals surface area contributed by atoms with E-state index in [4.69, 9.17) is 19.9 Å². The van der Waals surface area contributed by atoms with Gasteiger partial charge in [-0.3, -0.25) is 0 Å². The molecule has 342 valence electrons. The maximum Gasteiger partial charge on any atom is 0.164 e. The standard InChI is InChI=1S/C70H42N4/c1-3-17-44(18-4-1)68-72-69(45-19-5-2-6-20-45)74-70(73-68)46-33-31-43(32-34-46)61-41-65-62(47-35-37-58-53-25-9-7-21-49(53)51-23-11-13-27-55(51)63(58)39-47)42-66(71-67(65)60-30-16-15-29-57(60)61)48-36-38-59-54-26-10-8-22-50(54)52-24-12-14-28-56(52)64(59)40-48/h1-42H. The molecule has 13 aromatic carbocycles. The van der Waals surface area contributed by atoms with Gasteiger partial charge in [0.05, 0.1) is 11.2 Å². The molecule has 0 saturated carbocycles. The largest absolute Gasteiger partial charge is 0.247 e. The molecule has 2 aromatic heterocycles. The molecule has 0 aliphatic carbocycles. The average molecular weight is 939 g/mol. The van der Waals surface area contributed by atoms with E-state index >= 15 is 0 Å². The minimum Gasteiger partial charge on any atom is -0.247 e. The van der Waals surface area contributed by atoms with Gasteiger partial charge >= 0.3 is 0 Å². The van der Waals surface area contributed by atoms with Crippen LogP contribution in [0.15, 0.2) is 255 Å². The van der Waals surface area contributed by atoms with Gasteiger partial charge in [0.1, 0.15) is 0 Å². The van der Waals surface area contributed by atoms with E-state index in [9.17, 15) is 0 Å². The fraction of sp³-hybridized carbons (Fsp3) is 0. The van der Waals surface area contributed by atoms with E-state index in [1.165, 1.54) is 64.6 Å². The van der Waals surface area contributed by atoms with Crippen LogP contribution in [0.4, 0.5) is 0 Å². The molecule has 0 atom stereocenters. The summed E-state index contributed by atoms with van der Waals surface area (Å²) in [6, 6.07) is 91.5. The lowest BCUT2D eigenvalue weighted by Gasteiger charge is -2.17. The van der Waals surface area contributed by atoms with Crippen LogP contribution in [0, 0.1) is 0 Å². The molecule has 4 nitrogen and oxygen atoms in total. The van der Waals surface area contributed by atoms with E-state index in [1.807, 2.05) is 60.7 Å². The van der Waals surface area contributed by atoms with Crippen molar-refractivity contribution in [1.82, 2.24) is 19.9 Å². The zero-order chi connectivity index (χ0) is 48.7. The van der Waals surface area contributed by atoms with Crippen LogP contribution < -0.4 is 0 Å². The third-order valence-electron chi connectivity index (χ3n) is 15.1. The minimum atomic E-state index is 0.623. The summed E-state index contributed by atoms with van der Waals surface area (Å²) in [7, 11) is 0. The zero-order valence-electron chi connectivity index (χ0n) is 40.0. The lowest BCUT2D eigenvalue weighted by Crippen LogP contribution is -2.00. The van der Waals surface area contributed by atoms with Gasteiger partial charge in [-0.2, -0.15) is 0 Å². The first-order valence-electron chi connectivity index (χ1n) is 25.2. The van der Waals surface area contributed by atoms with E-state index in [0.717, 1.165) is 71.9 Å². The van der Waals surface area contributed by atoms with Crippen LogP contribution in [0.25, 0.3) is 154 Å². The smallest absolute Gasteiger partial charge is 0.164 e. The van der Waals surface area contributed by atoms with Crippen LogP contribution in [-0.4, -0.2) is 19.9 Å². The Morgan fingerprint density at radius 1 is 0.176 bits per heavy atom. The molecule has 0 bridgehead atoms. The normalized spacial score (nSPS) is 11.8. The number of pyridine rings is 1. The van der Waals surface area contributed by atoms with E-state index in [1.54, 1.807) is 0 Å². The van der Waals surface area contributed by atoms with Crippen molar-refractivity contribution in [3.8, 4) is 67.7 Å². The Morgan fingerprint density at radius 3 is 0.973 bits per heavy atom. The van der Waals surface area contributed by atoms with E-state index < -0.39 is 0 Å². The molecule has 74 heavy (non-hydrogen) atoms. The number of hydrogen-bond acceptors (Lipinski definition) is 4. The molecule has 0 unspecified atom stereocenters. The topological polar surface area (TPSA) is 51.6 Å². The van der Waals surface area contributed by atoms with E-state index in [2.05, 4.69) is 194 Å². The van der Waals surface area contributed by atoms with E-state index in [-0.39, 0.29) is 0 Å². The van der Waals surface area contributed by atoms with Crippen LogP contribution in [0.1, 0.15) is 0 Å². The number of nitrogens with zero attached hydrogens (tertiary/aromatic N) is 4. The van der Waals surface area contributed by atoms with Gasteiger partial charge in [-0.15, -0.1) is 0 Å². The summed E-state index contributed by atoms with van der Waals surface area (Å²) in [4.78, 5) is 20.7. The zero-order valence-corrected chi connectivity index (χ0v) is 40.0. The molecule has 0 fully saturated rings. The number of rotatable bonds is 6. The highest BCUT2D eigenvalue weighted by Crippen LogP contribution is 2.44. The van der Waals surface area contributed by atoms with Gasteiger partial charge in [-0.05, 0) is 117 Å². The highest BCUT2D eigenvalue weighted by molar-refractivity contribution is 6.27. The van der Waals surface area contributed by atoms with Gasteiger partial charge in [0.25, 0.3) is 0 Å². The molecule has 15 rings (SSSR count). The Kier molecular flexibility index (Phi) is 9.54. The summed E-state index contributed by atoms with van der Waals surface area (Å²) >= 11 is 0. The van der Waals surface area contributed by atoms with Crippen molar-refractivity contribution in [2.75, 3.05) is 0 Å². The third-order valence-corrected chi connectivity index (χ3v) is 15.1. The van der Waals surface area contributed by atoms with Crippen LogP contribution >= 0.6 is 0 Å².